The van der Waals surface area contributed by atoms with Gasteiger partial charge >= 0.3 is 11.9 Å². The van der Waals surface area contributed by atoms with Crippen LogP contribution in [0.5, 0.6) is 5.75 Å². The van der Waals surface area contributed by atoms with Gasteiger partial charge in [-0.1, -0.05) is 30.3 Å². The Morgan fingerprint density at radius 2 is 1.46 bits per heavy atom. The van der Waals surface area contributed by atoms with Crippen molar-refractivity contribution in [2.24, 2.45) is 0 Å². The molecule has 0 aliphatic carbocycles. The lowest BCUT2D eigenvalue weighted by Gasteiger charge is -2.04. The van der Waals surface area contributed by atoms with Crippen molar-refractivity contribution in [3.63, 3.8) is 0 Å². The number of aromatic nitrogens is 2. The minimum absolute atomic E-state index is 0.0722. The molecule has 24 heavy (non-hydrogen) atoms. The van der Waals surface area contributed by atoms with Gasteiger partial charge in [0.2, 0.25) is 5.82 Å². The molecule has 0 fully saturated rings. The van der Waals surface area contributed by atoms with Crippen molar-refractivity contribution < 1.29 is 19.4 Å². The number of esters is 1. The lowest BCUT2D eigenvalue weighted by Crippen LogP contribution is -2.12. The van der Waals surface area contributed by atoms with Crippen molar-refractivity contribution in [2.75, 3.05) is 0 Å². The van der Waals surface area contributed by atoms with Crippen molar-refractivity contribution in [1.82, 2.24) is 9.97 Å². The number of carbonyl (C=O) groups is 2. The van der Waals surface area contributed by atoms with E-state index in [1.807, 2.05) is 30.3 Å². The summed E-state index contributed by atoms with van der Waals surface area (Å²) < 4.78 is 5.12. The molecule has 3 aromatic rings. The number of rotatable bonds is 4. The Morgan fingerprint density at radius 1 is 0.833 bits per heavy atom. The first-order valence-electron chi connectivity index (χ1n) is 7.06. The van der Waals surface area contributed by atoms with Gasteiger partial charge in [-0.2, -0.15) is 0 Å². The lowest BCUT2D eigenvalue weighted by atomic mass is 10.1. The first-order valence-corrected chi connectivity index (χ1v) is 7.06. The molecule has 0 saturated heterocycles. The van der Waals surface area contributed by atoms with E-state index in [-0.39, 0.29) is 17.1 Å². The molecular formula is C18H12N2O4. The molecule has 2 aromatic carbocycles. The van der Waals surface area contributed by atoms with Crippen LogP contribution in [0.3, 0.4) is 0 Å². The molecule has 0 spiro atoms. The highest BCUT2D eigenvalue weighted by Gasteiger charge is 2.13. The fourth-order valence-corrected chi connectivity index (χ4v) is 2.03. The SMILES string of the molecule is O=C(O)c1ccc(OC(=O)c2ncc(-c3ccccc3)cn2)cc1. The van der Waals surface area contributed by atoms with E-state index >= 15 is 0 Å². The molecule has 1 heterocycles. The van der Waals surface area contributed by atoms with Crippen molar-refractivity contribution in [3.8, 4) is 16.9 Å². The molecule has 3 rings (SSSR count). The Morgan fingerprint density at radius 3 is 2.04 bits per heavy atom. The summed E-state index contributed by atoms with van der Waals surface area (Å²) in [4.78, 5) is 30.8. The van der Waals surface area contributed by atoms with E-state index in [1.165, 1.54) is 24.3 Å². The van der Waals surface area contributed by atoms with Crippen LogP contribution in [0.1, 0.15) is 21.0 Å². The lowest BCUT2D eigenvalue weighted by molar-refractivity contribution is 0.0696. The maximum Gasteiger partial charge on any atom is 0.381 e. The van der Waals surface area contributed by atoms with Gasteiger partial charge in [0, 0.05) is 18.0 Å². The summed E-state index contributed by atoms with van der Waals surface area (Å²) in [6.07, 6.45) is 3.10. The Bertz CT molecular complexity index is 860. The molecule has 1 N–H and O–H groups in total. The first kappa shape index (κ1) is 15.4. The van der Waals surface area contributed by atoms with Crippen molar-refractivity contribution in [3.05, 3.63) is 78.4 Å². The number of aromatic carboxylic acids is 1. The van der Waals surface area contributed by atoms with Crippen molar-refractivity contribution in [1.29, 1.82) is 0 Å². The van der Waals surface area contributed by atoms with Gasteiger partial charge in [-0.25, -0.2) is 19.6 Å². The molecule has 0 aliphatic rings. The van der Waals surface area contributed by atoms with Gasteiger partial charge in [0.05, 0.1) is 5.56 Å². The molecule has 0 saturated carbocycles. The van der Waals surface area contributed by atoms with Crippen LogP contribution >= 0.6 is 0 Å². The second-order valence-corrected chi connectivity index (χ2v) is 4.88. The van der Waals surface area contributed by atoms with Crippen LogP contribution in [0.15, 0.2) is 67.0 Å². The highest BCUT2D eigenvalue weighted by atomic mass is 16.5. The van der Waals surface area contributed by atoms with E-state index in [4.69, 9.17) is 9.84 Å². The Balaban J connectivity index is 1.72. The second kappa shape index (κ2) is 6.70. The van der Waals surface area contributed by atoms with E-state index in [2.05, 4.69) is 9.97 Å². The molecule has 0 aliphatic heterocycles. The van der Waals surface area contributed by atoms with Crippen LogP contribution in [-0.2, 0) is 0 Å². The monoisotopic (exact) mass is 320 g/mol. The van der Waals surface area contributed by atoms with Gasteiger partial charge in [-0.15, -0.1) is 0 Å². The standard InChI is InChI=1S/C18H12N2O4/c21-17(22)13-6-8-15(9-7-13)24-18(23)16-19-10-14(11-20-16)12-4-2-1-3-5-12/h1-11H,(H,21,22). The number of hydrogen-bond acceptors (Lipinski definition) is 5. The minimum atomic E-state index is -1.05. The van der Waals surface area contributed by atoms with Gasteiger partial charge in [-0.05, 0) is 29.8 Å². The molecule has 6 nitrogen and oxygen atoms in total. The van der Waals surface area contributed by atoms with Crippen LogP contribution in [0.25, 0.3) is 11.1 Å². The molecule has 1 aromatic heterocycles. The zero-order chi connectivity index (χ0) is 16.9. The highest BCUT2D eigenvalue weighted by Crippen LogP contribution is 2.17. The molecular weight excluding hydrogens is 308 g/mol. The number of ether oxygens (including phenoxy) is 1. The normalized spacial score (nSPS) is 10.2. The topological polar surface area (TPSA) is 89.4 Å². The number of hydrogen-bond donors (Lipinski definition) is 1. The quantitative estimate of drug-likeness (QED) is 0.587. The number of nitrogens with zero attached hydrogens (tertiary/aromatic N) is 2. The Labute approximate surface area is 137 Å². The average molecular weight is 320 g/mol. The molecule has 0 atom stereocenters. The van der Waals surface area contributed by atoms with E-state index in [0.29, 0.717) is 0 Å². The second-order valence-electron chi connectivity index (χ2n) is 4.88. The van der Waals surface area contributed by atoms with Crippen LogP contribution in [0.2, 0.25) is 0 Å². The van der Waals surface area contributed by atoms with Gasteiger partial charge in [0.1, 0.15) is 5.75 Å². The smallest absolute Gasteiger partial charge is 0.381 e. The third-order valence-corrected chi connectivity index (χ3v) is 3.25. The van der Waals surface area contributed by atoms with E-state index in [1.54, 1.807) is 12.4 Å². The van der Waals surface area contributed by atoms with Crippen LogP contribution in [0.4, 0.5) is 0 Å². The van der Waals surface area contributed by atoms with Gasteiger partial charge in [-0.3, -0.25) is 0 Å². The summed E-state index contributed by atoms with van der Waals surface area (Å²) in [5.74, 6) is -1.61. The summed E-state index contributed by atoms with van der Waals surface area (Å²) in [6.45, 7) is 0. The predicted octanol–water partition coefficient (Wildman–Crippen LogP) is 3.06. The van der Waals surface area contributed by atoms with Gasteiger partial charge in [0.25, 0.3) is 0 Å². The molecule has 0 amide bonds. The Hall–Kier alpha value is -3.54. The number of carboxylic acids is 1. The zero-order valence-electron chi connectivity index (χ0n) is 12.4. The van der Waals surface area contributed by atoms with Crippen LogP contribution in [0, 0.1) is 0 Å². The van der Waals surface area contributed by atoms with Crippen LogP contribution < -0.4 is 4.74 Å². The largest absolute Gasteiger partial charge is 0.478 e. The molecule has 6 heteroatoms. The summed E-state index contributed by atoms with van der Waals surface area (Å²) in [6, 6.07) is 15.1. The molecule has 0 bridgehead atoms. The van der Waals surface area contributed by atoms with E-state index in [9.17, 15) is 9.59 Å². The number of carbonyl (C=O) groups excluding carboxylic acids is 1. The van der Waals surface area contributed by atoms with Gasteiger partial charge in [0.15, 0.2) is 0 Å². The fraction of sp³-hybridized carbons (Fsp3) is 0. The first-order chi connectivity index (χ1) is 11.6. The zero-order valence-corrected chi connectivity index (χ0v) is 12.4. The fourth-order valence-electron chi connectivity index (χ4n) is 2.03. The molecule has 0 radical (unpaired) electrons. The maximum absolute atomic E-state index is 12.0. The van der Waals surface area contributed by atoms with Crippen molar-refractivity contribution in [2.45, 2.75) is 0 Å². The third-order valence-electron chi connectivity index (χ3n) is 3.25. The van der Waals surface area contributed by atoms with E-state index in [0.717, 1.165) is 11.1 Å². The van der Waals surface area contributed by atoms with E-state index < -0.39 is 11.9 Å². The summed E-state index contributed by atoms with van der Waals surface area (Å²) in [7, 11) is 0. The summed E-state index contributed by atoms with van der Waals surface area (Å²) >= 11 is 0. The summed E-state index contributed by atoms with van der Waals surface area (Å²) in [5, 5.41) is 8.83. The summed E-state index contributed by atoms with van der Waals surface area (Å²) in [5.41, 5.74) is 1.85. The number of carboxylic acid groups (broad SMARTS) is 1. The van der Waals surface area contributed by atoms with Crippen LogP contribution in [-0.4, -0.2) is 27.0 Å². The number of benzene rings is 2. The highest BCUT2D eigenvalue weighted by molar-refractivity contribution is 5.89. The molecule has 118 valence electrons. The minimum Gasteiger partial charge on any atom is -0.478 e. The predicted molar refractivity (Wildman–Crippen MR) is 85.8 cm³/mol. The molecule has 0 unspecified atom stereocenters. The Kier molecular flexibility index (Phi) is 4.29. The van der Waals surface area contributed by atoms with Gasteiger partial charge < -0.3 is 9.84 Å². The third kappa shape index (κ3) is 3.44. The van der Waals surface area contributed by atoms with Crippen molar-refractivity contribution >= 4 is 11.9 Å². The average Bonchev–Trinajstić information content (AvgIpc) is 2.63. The maximum atomic E-state index is 12.0.